The number of hydrogen-bond donors (Lipinski definition) is 1. The smallest absolute Gasteiger partial charge is 0.271 e. The largest absolute Gasteiger partial charge is 0.345 e. The Hall–Kier alpha value is -3.45. The van der Waals surface area contributed by atoms with Gasteiger partial charge in [0.05, 0.1) is 17.9 Å². The third-order valence-corrected chi connectivity index (χ3v) is 5.79. The van der Waals surface area contributed by atoms with Crippen LogP contribution < -0.4 is 5.32 Å². The quantitative estimate of drug-likeness (QED) is 0.476. The van der Waals surface area contributed by atoms with E-state index < -0.39 is 0 Å². The van der Waals surface area contributed by atoms with Gasteiger partial charge in [0, 0.05) is 35.2 Å². The Morgan fingerprint density at radius 1 is 1.14 bits per heavy atom. The molecule has 0 saturated heterocycles. The van der Waals surface area contributed by atoms with Crippen LogP contribution in [0.5, 0.6) is 0 Å². The summed E-state index contributed by atoms with van der Waals surface area (Å²) in [5.74, 6) is -0.191. The maximum absolute atomic E-state index is 12.6. The van der Waals surface area contributed by atoms with E-state index in [1.807, 2.05) is 52.5 Å². The number of fused-ring (bicyclic) bond motifs is 2. The number of carbonyl (C=O) groups excluding carboxylic acids is 1. The molecule has 0 unspecified atom stereocenters. The minimum absolute atomic E-state index is 0.191. The van der Waals surface area contributed by atoms with E-state index in [0.29, 0.717) is 12.2 Å². The molecule has 0 radical (unpaired) electrons. The molecule has 0 spiro atoms. The van der Waals surface area contributed by atoms with Crippen LogP contribution in [0.2, 0.25) is 0 Å². The highest BCUT2D eigenvalue weighted by atomic mass is 32.1. The van der Waals surface area contributed by atoms with Gasteiger partial charge < -0.3 is 14.3 Å². The number of pyridine rings is 1. The molecule has 5 aromatic rings. The van der Waals surface area contributed by atoms with Gasteiger partial charge in [-0.15, -0.1) is 11.3 Å². The lowest BCUT2D eigenvalue weighted by atomic mass is 10.2. The molecule has 0 saturated carbocycles. The molecule has 0 aliphatic rings. The number of carbonyl (C=O) groups is 1. The highest BCUT2D eigenvalue weighted by Crippen LogP contribution is 2.30. The standard InChI is InChI=1S/C22H19N5OS/c1-2-27-18-8-4-3-7-15(18)11-19(27)22-25-17(14-29-22)21(28)23-12-16-13-26-10-6-5-9-20(26)24-16/h3-11,13-14H,2,12H2,1H3,(H,23,28). The van der Waals surface area contributed by atoms with Crippen molar-refractivity contribution in [3.05, 3.63) is 77.7 Å². The predicted molar refractivity (Wildman–Crippen MR) is 115 cm³/mol. The van der Waals surface area contributed by atoms with E-state index in [4.69, 9.17) is 0 Å². The number of rotatable bonds is 5. The van der Waals surface area contributed by atoms with Gasteiger partial charge in [0.25, 0.3) is 5.91 Å². The van der Waals surface area contributed by atoms with Crippen molar-refractivity contribution >= 4 is 33.8 Å². The van der Waals surface area contributed by atoms with E-state index in [0.717, 1.165) is 28.6 Å². The number of imidazole rings is 1. The molecule has 0 atom stereocenters. The zero-order valence-corrected chi connectivity index (χ0v) is 16.7. The van der Waals surface area contributed by atoms with Crippen LogP contribution in [0.3, 0.4) is 0 Å². The fourth-order valence-corrected chi connectivity index (χ4v) is 4.38. The third kappa shape index (κ3) is 3.19. The van der Waals surface area contributed by atoms with Crippen LogP contribution in [0.4, 0.5) is 0 Å². The fourth-order valence-electron chi connectivity index (χ4n) is 3.56. The maximum atomic E-state index is 12.6. The Labute approximate surface area is 171 Å². The molecule has 1 aromatic carbocycles. The third-order valence-electron chi connectivity index (χ3n) is 4.93. The van der Waals surface area contributed by atoms with Crippen molar-refractivity contribution in [3.8, 4) is 10.7 Å². The van der Waals surface area contributed by atoms with E-state index in [-0.39, 0.29) is 5.91 Å². The summed E-state index contributed by atoms with van der Waals surface area (Å²) in [5.41, 5.74) is 4.32. The van der Waals surface area contributed by atoms with Gasteiger partial charge in [0.1, 0.15) is 16.3 Å². The van der Waals surface area contributed by atoms with E-state index in [1.165, 1.54) is 22.2 Å². The minimum atomic E-state index is -0.191. The van der Waals surface area contributed by atoms with Crippen LogP contribution in [-0.2, 0) is 13.1 Å². The number of nitrogens with one attached hydrogen (secondary N) is 1. The molecule has 0 fully saturated rings. The van der Waals surface area contributed by atoms with Gasteiger partial charge in [-0.05, 0) is 31.2 Å². The zero-order valence-electron chi connectivity index (χ0n) is 15.9. The first-order chi connectivity index (χ1) is 14.2. The lowest BCUT2D eigenvalue weighted by Gasteiger charge is -2.05. The molecule has 5 rings (SSSR count). The average molecular weight is 401 g/mol. The average Bonchev–Trinajstić information content (AvgIpc) is 3.47. The number of para-hydroxylation sites is 1. The lowest BCUT2D eigenvalue weighted by Crippen LogP contribution is -2.23. The second-order valence-corrected chi connectivity index (χ2v) is 7.61. The molecule has 144 valence electrons. The van der Waals surface area contributed by atoms with Crippen LogP contribution in [0.1, 0.15) is 23.1 Å². The Morgan fingerprint density at radius 2 is 2.00 bits per heavy atom. The normalized spacial score (nSPS) is 11.3. The number of nitrogens with zero attached hydrogens (tertiary/aromatic N) is 4. The highest BCUT2D eigenvalue weighted by molar-refractivity contribution is 7.13. The van der Waals surface area contributed by atoms with Crippen LogP contribution in [0.15, 0.2) is 66.3 Å². The summed E-state index contributed by atoms with van der Waals surface area (Å²) in [6.45, 7) is 3.33. The van der Waals surface area contributed by atoms with Gasteiger partial charge in [-0.25, -0.2) is 9.97 Å². The first kappa shape index (κ1) is 17.6. The van der Waals surface area contributed by atoms with Crippen molar-refractivity contribution < 1.29 is 4.79 Å². The number of aryl methyl sites for hydroxylation is 1. The molecule has 29 heavy (non-hydrogen) atoms. The van der Waals surface area contributed by atoms with Gasteiger partial charge in [-0.1, -0.05) is 24.3 Å². The van der Waals surface area contributed by atoms with E-state index in [1.54, 1.807) is 0 Å². The van der Waals surface area contributed by atoms with Crippen LogP contribution in [0, 0.1) is 0 Å². The summed E-state index contributed by atoms with van der Waals surface area (Å²) in [6, 6.07) is 16.2. The van der Waals surface area contributed by atoms with Crippen molar-refractivity contribution in [1.29, 1.82) is 0 Å². The SMILES string of the molecule is CCn1c(-c2nc(C(=O)NCc3cn4ccccc4n3)cs2)cc2ccccc21. The fraction of sp³-hybridized carbons (Fsp3) is 0.136. The van der Waals surface area contributed by atoms with Crippen molar-refractivity contribution in [3.63, 3.8) is 0 Å². The molecular weight excluding hydrogens is 382 g/mol. The Bertz CT molecular complexity index is 1300. The minimum Gasteiger partial charge on any atom is -0.345 e. The molecule has 4 heterocycles. The molecule has 4 aromatic heterocycles. The number of hydrogen-bond acceptors (Lipinski definition) is 4. The van der Waals surface area contributed by atoms with Crippen LogP contribution in [-0.4, -0.2) is 24.8 Å². The topological polar surface area (TPSA) is 64.2 Å². The van der Waals surface area contributed by atoms with E-state index >= 15 is 0 Å². The summed E-state index contributed by atoms with van der Waals surface area (Å²) in [6.07, 6.45) is 3.86. The van der Waals surface area contributed by atoms with E-state index in [9.17, 15) is 4.79 Å². The monoisotopic (exact) mass is 401 g/mol. The summed E-state index contributed by atoms with van der Waals surface area (Å²) >= 11 is 1.49. The summed E-state index contributed by atoms with van der Waals surface area (Å²) in [4.78, 5) is 21.7. The van der Waals surface area contributed by atoms with Gasteiger partial charge in [0.15, 0.2) is 0 Å². The predicted octanol–water partition coefficient (Wildman–Crippen LogP) is 4.36. The van der Waals surface area contributed by atoms with Crippen molar-refractivity contribution in [2.24, 2.45) is 0 Å². The molecular formula is C22H19N5OS. The lowest BCUT2D eigenvalue weighted by molar-refractivity contribution is 0.0946. The number of benzene rings is 1. The Morgan fingerprint density at radius 3 is 2.86 bits per heavy atom. The van der Waals surface area contributed by atoms with Crippen molar-refractivity contribution in [2.45, 2.75) is 20.0 Å². The zero-order chi connectivity index (χ0) is 19.8. The molecule has 6 nitrogen and oxygen atoms in total. The highest BCUT2D eigenvalue weighted by Gasteiger charge is 2.16. The van der Waals surface area contributed by atoms with Gasteiger partial charge in [-0.3, -0.25) is 4.79 Å². The number of aromatic nitrogens is 4. The Balaban J connectivity index is 1.36. The summed E-state index contributed by atoms with van der Waals surface area (Å²) in [7, 11) is 0. The van der Waals surface area contributed by atoms with Gasteiger partial charge in [-0.2, -0.15) is 0 Å². The second-order valence-electron chi connectivity index (χ2n) is 6.75. The molecule has 0 aliphatic carbocycles. The molecule has 1 N–H and O–H groups in total. The van der Waals surface area contributed by atoms with Gasteiger partial charge in [0.2, 0.25) is 0 Å². The second kappa shape index (κ2) is 7.18. The van der Waals surface area contributed by atoms with Gasteiger partial charge >= 0.3 is 0 Å². The molecule has 1 amide bonds. The first-order valence-electron chi connectivity index (χ1n) is 9.48. The molecule has 0 bridgehead atoms. The molecule has 7 heteroatoms. The summed E-state index contributed by atoms with van der Waals surface area (Å²) in [5, 5.41) is 6.76. The first-order valence-corrected chi connectivity index (χ1v) is 10.4. The maximum Gasteiger partial charge on any atom is 0.271 e. The van der Waals surface area contributed by atoms with Crippen LogP contribution in [0.25, 0.3) is 27.3 Å². The Kier molecular flexibility index (Phi) is 4.37. The molecule has 0 aliphatic heterocycles. The van der Waals surface area contributed by atoms with Crippen molar-refractivity contribution in [2.75, 3.05) is 0 Å². The van der Waals surface area contributed by atoms with E-state index in [2.05, 4.69) is 45.0 Å². The van der Waals surface area contributed by atoms with Crippen LogP contribution >= 0.6 is 11.3 Å². The number of amides is 1. The summed E-state index contributed by atoms with van der Waals surface area (Å²) < 4.78 is 4.17. The van der Waals surface area contributed by atoms with Crippen molar-refractivity contribution in [1.82, 2.24) is 24.3 Å². The number of thiazole rings is 1.